The summed E-state index contributed by atoms with van der Waals surface area (Å²) in [5.41, 5.74) is -0.476. The minimum absolute atomic E-state index is 0.0175. The number of allylic oxidation sites excluding steroid dienone is 3. The second-order valence-electron chi connectivity index (χ2n) is 14.2. The van der Waals surface area contributed by atoms with Crippen molar-refractivity contribution in [3.8, 4) is 0 Å². The highest BCUT2D eigenvalue weighted by atomic mass is 16.4. The summed E-state index contributed by atoms with van der Waals surface area (Å²) in [4.78, 5) is 37.9. The van der Waals surface area contributed by atoms with Gasteiger partial charge in [0.2, 0.25) is 0 Å². The van der Waals surface area contributed by atoms with Gasteiger partial charge in [-0.05, 0) is 97.5 Å². The van der Waals surface area contributed by atoms with Gasteiger partial charge in [0.1, 0.15) is 5.78 Å². The molecule has 3 saturated carbocycles. The van der Waals surface area contributed by atoms with E-state index in [-0.39, 0.29) is 21.7 Å². The first kappa shape index (κ1) is 24.8. The van der Waals surface area contributed by atoms with E-state index in [4.69, 9.17) is 0 Å². The lowest BCUT2D eigenvalue weighted by atomic mass is 9.35. The third-order valence-electron chi connectivity index (χ3n) is 12.5. The monoisotopic (exact) mass is 482 g/mol. The van der Waals surface area contributed by atoms with Crippen molar-refractivity contribution in [1.29, 1.82) is 0 Å². The minimum atomic E-state index is -0.947. The highest BCUT2D eigenvalue weighted by Crippen LogP contribution is 2.73. The summed E-state index contributed by atoms with van der Waals surface area (Å²) in [6, 6.07) is 0. The molecule has 5 heteroatoms. The molecule has 5 aliphatic carbocycles. The average Bonchev–Trinajstić information content (AvgIpc) is 2.77. The first-order valence-electron chi connectivity index (χ1n) is 13.5. The lowest BCUT2D eigenvalue weighted by Crippen LogP contribution is -2.62. The van der Waals surface area contributed by atoms with E-state index in [1.165, 1.54) is 0 Å². The molecule has 5 aliphatic rings. The molecule has 5 rings (SSSR count). The van der Waals surface area contributed by atoms with Crippen molar-refractivity contribution in [1.82, 2.24) is 0 Å². The molecule has 35 heavy (non-hydrogen) atoms. The Bertz CT molecular complexity index is 1080. The van der Waals surface area contributed by atoms with Gasteiger partial charge in [-0.1, -0.05) is 46.8 Å². The van der Waals surface area contributed by atoms with Crippen LogP contribution in [0.15, 0.2) is 23.3 Å². The molecule has 0 spiro atoms. The van der Waals surface area contributed by atoms with Gasteiger partial charge in [-0.3, -0.25) is 14.4 Å². The predicted molar refractivity (Wildman–Crippen MR) is 134 cm³/mol. The van der Waals surface area contributed by atoms with Gasteiger partial charge < -0.3 is 10.2 Å². The summed E-state index contributed by atoms with van der Waals surface area (Å²) in [5, 5.41) is 20.5. The molecule has 3 fully saturated rings. The molecular formula is C30H42O5. The van der Waals surface area contributed by atoms with Crippen molar-refractivity contribution in [3.05, 3.63) is 23.3 Å². The Kier molecular flexibility index (Phi) is 5.03. The molecule has 7 atom stereocenters. The molecule has 0 aromatic carbocycles. The minimum Gasteiger partial charge on any atom is -0.481 e. The van der Waals surface area contributed by atoms with Crippen molar-refractivity contribution in [2.24, 2.45) is 44.3 Å². The largest absolute Gasteiger partial charge is 0.481 e. The molecule has 2 N–H and O–H groups in total. The fraction of sp³-hybridized carbons (Fsp3) is 0.767. The van der Waals surface area contributed by atoms with Crippen LogP contribution < -0.4 is 0 Å². The number of carbonyl (C=O) groups is 3. The second kappa shape index (κ2) is 7.10. The zero-order valence-corrected chi connectivity index (χ0v) is 22.3. The van der Waals surface area contributed by atoms with Crippen LogP contribution in [-0.2, 0) is 14.4 Å². The van der Waals surface area contributed by atoms with E-state index < -0.39 is 22.8 Å². The van der Waals surface area contributed by atoms with Crippen LogP contribution in [0.1, 0.15) is 99.3 Å². The van der Waals surface area contributed by atoms with E-state index in [1.54, 1.807) is 6.92 Å². The number of carboxylic acid groups (broad SMARTS) is 2. The standard InChI is InChI=1S/C30H42O5/c1-25(2)20-9-12-29(6)21(27(20,4)11-10-22(25)31)8-7-18-19-17-26(3,23(32)33)13-15-30(19,24(34)35)16-14-28(18,29)5/h7-8,20-21H,9-17H2,1-6H3,(H,32,33)(H,34,35)/t20-,21+,26-,27-,28+,29+,30-/m0/s1. The normalized spacial score (nSPS) is 48.3. The van der Waals surface area contributed by atoms with Gasteiger partial charge >= 0.3 is 11.9 Å². The van der Waals surface area contributed by atoms with E-state index >= 15 is 0 Å². The van der Waals surface area contributed by atoms with E-state index in [1.807, 2.05) is 0 Å². The Balaban J connectivity index is 1.69. The zero-order valence-electron chi connectivity index (χ0n) is 22.3. The van der Waals surface area contributed by atoms with Crippen LogP contribution in [0, 0.1) is 44.3 Å². The highest BCUT2D eigenvalue weighted by Gasteiger charge is 2.67. The van der Waals surface area contributed by atoms with Crippen LogP contribution in [-0.4, -0.2) is 27.9 Å². The molecule has 0 unspecified atom stereocenters. The Labute approximate surface area is 209 Å². The maximum Gasteiger partial charge on any atom is 0.313 e. The molecule has 0 heterocycles. The molecule has 0 aromatic heterocycles. The molecule has 5 nitrogen and oxygen atoms in total. The van der Waals surface area contributed by atoms with Crippen LogP contribution in [0.3, 0.4) is 0 Å². The lowest BCUT2D eigenvalue weighted by molar-refractivity contribution is -0.170. The third-order valence-corrected chi connectivity index (χ3v) is 12.5. The smallest absolute Gasteiger partial charge is 0.313 e. The molecule has 0 aromatic rings. The Hall–Kier alpha value is -1.91. The first-order valence-corrected chi connectivity index (χ1v) is 13.5. The molecular weight excluding hydrogens is 440 g/mol. The summed E-state index contributed by atoms with van der Waals surface area (Å²) in [6.45, 7) is 13.2. The van der Waals surface area contributed by atoms with Crippen LogP contribution in [0.25, 0.3) is 0 Å². The number of aliphatic carboxylic acids is 2. The lowest BCUT2D eigenvalue weighted by Gasteiger charge is -2.68. The van der Waals surface area contributed by atoms with Gasteiger partial charge in [-0.2, -0.15) is 0 Å². The summed E-state index contributed by atoms with van der Waals surface area (Å²) < 4.78 is 0. The Morgan fingerprint density at radius 1 is 0.886 bits per heavy atom. The number of hydrogen-bond acceptors (Lipinski definition) is 3. The topological polar surface area (TPSA) is 91.7 Å². The first-order chi connectivity index (χ1) is 16.1. The van der Waals surface area contributed by atoms with E-state index in [0.717, 1.165) is 36.8 Å². The van der Waals surface area contributed by atoms with Crippen molar-refractivity contribution >= 4 is 17.7 Å². The molecule has 0 saturated heterocycles. The van der Waals surface area contributed by atoms with Crippen molar-refractivity contribution in [2.45, 2.75) is 99.3 Å². The quantitative estimate of drug-likeness (QED) is 0.473. The highest BCUT2D eigenvalue weighted by molar-refractivity contribution is 5.86. The maximum atomic E-state index is 12.9. The van der Waals surface area contributed by atoms with Gasteiger partial charge in [0, 0.05) is 11.8 Å². The van der Waals surface area contributed by atoms with Gasteiger partial charge in [-0.15, -0.1) is 0 Å². The van der Waals surface area contributed by atoms with Crippen molar-refractivity contribution in [2.75, 3.05) is 0 Å². The molecule has 192 valence electrons. The van der Waals surface area contributed by atoms with Crippen LogP contribution >= 0.6 is 0 Å². The second-order valence-corrected chi connectivity index (χ2v) is 14.2. The van der Waals surface area contributed by atoms with Gasteiger partial charge in [0.15, 0.2) is 0 Å². The molecule has 0 radical (unpaired) electrons. The molecule has 0 amide bonds. The number of Topliss-reactive ketones (excluding diaryl/α,β-unsaturated/α-hetero) is 1. The number of carbonyl (C=O) groups excluding carboxylic acids is 1. The van der Waals surface area contributed by atoms with E-state index in [9.17, 15) is 24.6 Å². The SMILES string of the molecule is CC1(C)C(=O)CC[C@]2(C)[C@H]3C=CC4=C5C[C@@](C)(C(=O)O)CC[C@]5(C(=O)O)CC[C@@]4(C)[C@]3(C)CC[C@@H]12. The van der Waals surface area contributed by atoms with Crippen LogP contribution in [0.5, 0.6) is 0 Å². The zero-order chi connectivity index (χ0) is 25.8. The van der Waals surface area contributed by atoms with E-state index in [0.29, 0.717) is 49.7 Å². The van der Waals surface area contributed by atoms with Gasteiger partial charge in [-0.25, -0.2) is 0 Å². The van der Waals surface area contributed by atoms with Crippen molar-refractivity contribution < 1.29 is 24.6 Å². The number of hydrogen-bond donors (Lipinski definition) is 2. The maximum absolute atomic E-state index is 12.9. The molecule has 0 bridgehead atoms. The number of carboxylic acids is 2. The summed E-state index contributed by atoms with van der Waals surface area (Å²) in [6.07, 6.45) is 10.6. The summed E-state index contributed by atoms with van der Waals surface area (Å²) in [7, 11) is 0. The Morgan fingerprint density at radius 3 is 2.17 bits per heavy atom. The van der Waals surface area contributed by atoms with Gasteiger partial charge in [0.05, 0.1) is 10.8 Å². The number of fused-ring (bicyclic) bond motifs is 6. The third kappa shape index (κ3) is 2.84. The average molecular weight is 483 g/mol. The number of ketones is 1. The fourth-order valence-electron chi connectivity index (χ4n) is 9.78. The summed E-state index contributed by atoms with van der Waals surface area (Å²) >= 11 is 0. The predicted octanol–water partition coefficient (Wildman–Crippen LogP) is 6.43. The van der Waals surface area contributed by atoms with Crippen molar-refractivity contribution in [3.63, 3.8) is 0 Å². The fourth-order valence-corrected chi connectivity index (χ4v) is 9.78. The molecule has 0 aliphatic heterocycles. The van der Waals surface area contributed by atoms with Crippen LogP contribution in [0.2, 0.25) is 0 Å². The number of rotatable bonds is 2. The van der Waals surface area contributed by atoms with Gasteiger partial charge in [0.25, 0.3) is 0 Å². The Morgan fingerprint density at radius 2 is 1.54 bits per heavy atom. The summed E-state index contributed by atoms with van der Waals surface area (Å²) in [5.74, 6) is -0.594. The van der Waals surface area contributed by atoms with Crippen LogP contribution in [0.4, 0.5) is 0 Å². The van der Waals surface area contributed by atoms with E-state index in [2.05, 4.69) is 46.8 Å².